The van der Waals surface area contributed by atoms with Crippen LogP contribution < -0.4 is 25.7 Å². The molecule has 0 amide bonds. The molecule has 6 heteroatoms. The summed E-state index contributed by atoms with van der Waals surface area (Å²) in [6.07, 6.45) is -0.340. The Morgan fingerprint density at radius 3 is 2.20 bits per heavy atom. The number of hydrogen-bond donors (Lipinski definition) is 2. The van der Waals surface area contributed by atoms with Crippen molar-refractivity contribution in [1.29, 1.82) is 0 Å². The van der Waals surface area contributed by atoms with Crippen molar-refractivity contribution in [2.45, 2.75) is 0 Å². The zero-order chi connectivity index (χ0) is 8.04. The zero-order valence-corrected chi connectivity index (χ0v) is 6.47. The summed E-state index contributed by atoms with van der Waals surface area (Å²) in [7, 11) is -4.31. The van der Waals surface area contributed by atoms with Crippen LogP contribution in [0.2, 0.25) is 0 Å². The molecule has 0 bridgehead atoms. The van der Waals surface area contributed by atoms with Crippen LogP contribution in [0.4, 0.5) is 0 Å². The molecule has 0 spiro atoms. The minimum Gasteiger partial charge on any atom is -0.688 e. The summed E-state index contributed by atoms with van der Waals surface area (Å²) >= 11 is 0. The van der Waals surface area contributed by atoms with Gasteiger partial charge in [0.15, 0.2) is 0 Å². The third-order valence-corrected chi connectivity index (χ3v) is 1.65. The van der Waals surface area contributed by atoms with E-state index in [0.29, 0.717) is 13.1 Å². The maximum atomic E-state index is 10.00. The maximum Gasteiger partial charge on any atom is 0.0549 e. The molecule has 0 aliphatic heterocycles. The summed E-state index contributed by atoms with van der Waals surface area (Å²) in [6.45, 7) is 1.18. The Labute approximate surface area is 60.5 Å². The van der Waals surface area contributed by atoms with Crippen molar-refractivity contribution in [3.8, 4) is 0 Å². The lowest BCUT2D eigenvalue weighted by molar-refractivity contribution is -0.427. The Hall–Kier alpha value is 0.230. The molecule has 5 nitrogen and oxygen atoms in total. The first-order chi connectivity index (χ1) is 4.56. The minimum absolute atomic E-state index is 0.196. The smallest absolute Gasteiger partial charge is 0.0549 e. The lowest BCUT2D eigenvalue weighted by Gasteiger charge is -2.42. The summed E-state index contributed by atoms with van der Waals surface area (Å²) < 4.78 is 0. The molecule has 0 aliphatic rings. The van der Waals surface area contributed by atoms with E-state index in [4.69, 9.17) is 5.73 Å². The van der Waals surface area contributed by atoms with Crippen molar-refractivity contribution >= 4 is 7.94 Å². The van der Waals surface area contributed by atoms with E-state index in [0.717, 1.165) is 0 Å². The topological polar surface area (TPSA) is 107 Å². The summed E-state index contributed by atoms with van der Waals surface area (Å²) in [4.78, 5) is 30.0. The molecule has 0 aliphatic carbocycles. The number of hydrogen-bond acceptors (Lipinski definition) is 5. The van der Waals surface area contributed by atoms with Crippen molar-refractivity contribution in [1.82, 2.24) is 5.32 Å². The van der Waals surface area contributed by atoms with Gasteiger partial charge in [-0.15, -0.1) is 0 Å². The number of rotatable bonds is 5. The van der Waals surface area contributed by atoms with Gasteiger partial charge in [-0.25, -0.2) is 0 Å². The van der Waals surface area contributed by atoms with Crippen molar-refractivity contribution in [3.63, 3.8) is 0 Å². The van der Waals surface area contributed by atoms with Crippen molar-refractivity contribution < 1.29 is 14.7 Å². The van der Waals surface area contributed by atoms with E-state index < -0.39 is 7.94 Å². The Morgan fingerprint density at radius 2 is 1.80 bits per heavy atom. The van der Waals surface area contributed by atoms with E-state index in [-0.39, 0.29) is 12.7 Å². The van der Waals surface area contributed by atoms with Crippen molar-refractivity contribution in [2.24, 2.45) is 5.73 Å². The van der Waals surface area contributed by atoms with Gasteiger partial charge in [0.05, 0.1) is 6.16 Å². The molecular weight excluding hydrogens is 155 g/mol. The molecule has 0 saturated heterocycles. The second-order valence-electron chi connectivity index (χ2n) is 1.87. The first-order valence-corrected chi connectivity index (χ1v) is 4.71. The van der Waals surface area contributed by atoms with Gasteiger partial charge in [-0.2, -0.15) is 7.94 Å². The van der Waals surface area contributed by atoms with E-state index in [1.807, 2.05) is 0 Å². The van der Waals surface area contributed by atoms with Crippen LogP contribution in [0.5, 0.6) is 0 Å². The van der Waals surface area contributed by atoms with Crippen LogP contribution in [0.3, 0.4) is 0 Å². The van der Waals surface area contributed by atoms with Gasteiger partial charge >= 0.3 is 0 Å². The summed E-state index contributed by atoms with van der Waals surface area (Å²) in [5, 5.41) is 2.69. The first-order valence-electron chi connectivity index (χ1n) is 2.98. The normalized spacial score (nSPS) is 12.0. The molecule has 0 saturated carbocycles. The fourth-order valence-corrected chi connectivity index (χ4v) is 0.875. The molecule has 0 radical (unpaired) electrons. The van der Waals surface area contributed by atoms with Crippen molar-refractivity contribution in [3.05, 3.63) is 0 Å². The highest BCUT2D eigenvalue weighted by atomic mass is 31.2. The highest BCUT2D eigenvalue weighted by molar-refractivity contribution is 7.54. The second kappa shape index (κ2) is 4.96. The molecule has 0 unspecified atom stereocenters. The summed E-state index contributed by atoms with van der Waals surface area (Å²) in [5.41, 5.74) is 5.09. The van der Waals surface area contributed by atoms with Crippen LogP contribution in [0.15, 0.2) is 0 Å². The van der Waals surface area contributed by atoms with Gasteiger partial charge in [0.25, 0.3) is 0 Å². The Balaban J connectivity index is 3.04. The average Bonchev–Trinajstić information content (AvgIpc) is 1.78. The highest BCUT2D eigenvalue weighted by Gasteiger charge is 1.94. The molecular formula is C4H11N2O3P-2. The fraction of sp³-hybridized carbons (Fsp3) is 1.00. The second-order valence-corrected chi connectivity index (χ2v) is 3.54. The monoisotopic (exact) mass is 166 g/mol. The molecule has 0 aromatic carbocycles. The predicted octanol–water partition coefficient (Wildman–Crippen LogP) is -3.62. The Kier molecular flexibility index (Phi) is 5.07. The standard InChI is InChI=1S/C4H13N2O3P/c5-1-2-6-3-4-10(7,8)9/h6H,1-5H2,(H2,7,8,9)/p-2. The SMILES string of the molecule is NCCNCC[P+]([O-])([O-])[O-]. The molecule has 0 atom stereocenters. The molecule has 10 heavy (non-hydrogen) atoms. The minimum atomic E-state index is -4.31. The quantitative estimate of drug-likeness (QED) is 0.324. The van der Waals surface area contributed by atoms with E-state index in [1.54, 1.807) is 0 Å². The van der Waals surface area contributed by atoms with E-state index in [2.05, 4.69) is 5.32 Å². The van der Waals surface area contributed by atoms with Crippen LogP contribution in [0.25, 0.3) is 0 Å². The predicted molar refractivity (Wildman–Crippen MR) is 33.7 cm³/mol. The number of nitrogens with one attached hydrogen (secondary N) is 1. The van der Waals surface area contributed by atoms with Gasteiger partial charge in [-0.3, -0.25) is 0 Å². The molecule has 3 N–H and O–H groups in total. The third kappa shape index (κ3) is 8.23. The largest absolute Gasteiger partial charge is 0.688 e. The summed E-state index contributed by atoms with van der Waals surface area (Å²) in [5.74, 6) is 0. The van der Waals surface area contributed by atoms with Crippen LogP contribution >= 0.6 is 7.94 Å². The van der Waals surface area contributed by atoms with E-state index in [9.17, 15) is 14.7 Å². The maximum absolute atomic E-state index is 10.00. The zero-order valence-electron chi connectivity index (χ0n) is 5.58. The lowest BCUT2D eigenvalue weighted by Crippen LogP contribution is -2.39. The van der Waals surface area contributed by atoms with Crippen molar-refractivity contribution in [2.75, 3.05) is 25.8 Å². The van der Waals surface area contributed by atoms with Crippen LogP contribution in [0.1, 0.15) is 0 Å². The van der Waals surface area contributed by atoms with Gasteiger partial charge in [-0.05, 0) is 0 Å². The molecule has 0 heterocycles. The average molecular weight is 166 g/mol. The molecule has 0 aromatic rings. The third-order valence-electron chi connectivity index (χ3n) is 0.884. The van der Waals surface area contributed by atoms with Gasteiger partial charge in [-0.1, -0.05) is 0 Å². The lowest BCUT2D eigenvalue weighted by atomic mass is 10.6. The van der Waals surface area contributed by atoms with Gasteiger partial charge in [0, 0.05) is 19.6 Å². The molecule has 0 fully saturated rings. The van der Waals surface area contributed by atoms with Crippen LogP contribution in [-0.4, -0.2) is 25.8 Å². The van der Waals surface area contributed by atoms with Crippen LogP contribution in [-0.2, 0) is 0 Å². The van der Waals surface area contributed by atoms with Gasteiger partial charge in [0.1, 0.15) is 0 Å². The molecule has 0 rings (SSSR count). The van der Waals surface area contributed by atoms with Gasteiger partial charge < -0.3 is 25.7 Å². The summed E-state index contributed by atoms with van der Waals surface area (Å²) in [6, 6.07) is 0. The Morgan fingerprint density at radius 1 is 1.20 bits per heavy atom. The fourth-order valence-electron chi connectivity index (χ4n) is 0.443. The number of nitrogens with two attached hydrogens (primary N) is 1. The highest BCUT2D eigenvalue weighted by Crippen LogP contribution is 2.25. The first kappa shape index (κ1) is 10.2. The van der Waals surface area contributed by atoms with Gasteiger partial charge in [0.2, 0.25) is 0 Å². The Bertz CT molecular complexity index is 85.1. The van der Waals surface area contributed by atoms with E-state index >= 15 is 0 Å². The molecule has 0 aromatic heterocycles. The molecule has 62 valence electrons. The van der Waals surface area contributed by atoms with Crippen LogP contribution in [0, 0.1) is 0 Å². The van der Waals surface area contributed by atoms with E-state index in [1.165, 1.54) is 0 Å².